The molecule has 2 aliphatic rings. The molecule has 1 aliphatic carbocycles. The van der Waals surface area contributed by atoms with Crippen molar-refractivity contribution in [2.45, 2.75) is 30.0 Å². The second kappa shape index (κ2) is 8.16. The van der Waals surface area contributed by atoms with E-state index in [1.165, 1.54) is 25.1 Å². The van der Waals surface area contributed by atoms with Crippen molar-refractivity contribution in [2.75, 3.05) is 12.9 Å². The van der Waals surface area contributed by atoms with Gasteiger partial charge in [0.1, 0.15) is 0 Å². The van der Waals surface area contributed by atoms with Crippen LogP contribution in [0.4, 0.5) is 4.79 Å². The molecule has 0 bridgehead atoms. The Morgan fingerprint density at radius 1 is 1.24 bits per heavy atom. The maximum Gasteiger partial charge on any atom is 0.338 e. The second-order valence-electron chi connectivity index (χ2n) is 6.90. The van der Waals surface area contributed by atoms with E-state index in [-0.39, 0.29) is 12.1 Å². The summed E-state index contributed by atoms with van der Waals surface area (Å²) in [6.45, 7) is 0. The molecule has 2 amide bonds. The number of thioether (sulfide) groups is 1. The lowest BCUT2D eigenvalue weighted by Gasteiger charge is -2.36. The molecule has 0 radical (unpaired) electrons. The minimum atomic E-state index is -0.600. The Labute approximate surface area is 172 Å². The van der Waals surface area contributed by atoms with E-state index in [9.17, 15) is 14.8 Å². The summed E-state index contributed by atoms with van der Waals surface area (Å²) in [5, 5.41) is 15.5. The van der Waals surface area contributed by atoms with E-state index in [0.29, 0.717) is 22.0 Å². The van der Waals surface area contributed by atoms with Gasteiger partial charge in [-0.3, -0.25) is 4.90 Å². The Kier molecular flexibility index (Phi) is 5.44. The molecule has 1 aromatic carbocycles. The number of hydrogen-bond donors (Lipinski definition) is 1. The third-order valence-corrected chi connectivity index (χ3v) is 6.00. The van der Waals surface area contributed by atoms with Crippen LogP contribution in [-0.2, 0) is 9.53 Å². The summed E-state index contributed by atoms with van der Waals surface area (Å²) < 4.78 is 5.86. The highest BCUT2D eigenvalue weighted by atomic mass is 32.2. The Balaban J connectivity index is 1.77. The number of urea groups is 1. The van der Waals surface area contributed by atoms with Gasteiger partial charge in [-0.05, 0) is 36.2 Å². The summed E-state index contributed by atoms with van der Waals surface area (Å²) in [5.41, 5.74) is 1.81. The van der Waals surface area contributed by atoms with Crippen LogP contribution in [0.3, 0.4) is 0 Å². The van der Waals surface area contributed by atoms with Crippen LogP contribution in [0.5, 0.6) is 0 Å². The van der Waals surface area contributed by atoms with Crippen molar-refractivity contribution in [3.63, 3.8) is 0 Å². The number of amides is 2. The van der Waals surface area contributed by atoms with E-state index in [1.54, 1.807) is 23.1 Å². The molecule has 29 heavy (non-hydrogen) atoms. The van der Waals surface area contributed by atoms with Gasteiger partial charge < -0.3 is 15.3 Å². The Bertz CT molecular complexity index is 959. The molecule has 7 nitrogen and oxygen atoms in total. The van der Waals surface area contributed by atoms with Crippen molar-refractivity contribution in [3.8, 4) is 0 Å². The van der Waals surface area contributed by atoms with Crippen molar-refractivity contribution in [2.24, 2.45) is 0 Å². The first-order valence-electron chi connectivity index (χ1n) is 9.37. The largest absolute Gasteiger partial charge is 0.618 e. The predicted molar refractivity (Wildman–Crippen MR) is 108 cm³/mol. The van der Waals surface area contributed by atoms with Gasteiger partial charge in [0.2, 0.25) is 0 Å². The molecule has 4 rings (SSSR count). The average molecular weight is 411 g/mol. The topological polar surface area (TPSA) is 85.6 Å². The summed E-state index contributed by atoms with van der Waals surface area (Å²) in [5.74, 6) is -0.174. The van der Waals surface area contributed by atoms with Gasteiger partial charge >= 0.3 is 12.0 Å². The molecule has 1 fully saturated rings. The van der Waals surface area contributed by atoms with E-state index >= 15 is 0 Å². The normalized spacial score (nSPS) is 19.1. The molecule has 8 heteroatoms. The van der Waals surface area contributed by atoms with E-state index in [1.807, 2.05) is 30.3 Å². The van der Waals surface area contributed by atoms with Crippen molar-refractivity contribution in [1.82, 2.24) is 10.2 Å². The number of carbonyl (C=O) groups excluding carboxylic acids is 2. The maximum absolute atomic E-state index is 13.0. The maximum atomic E-state index is 13.0. The van der Waals surface area contributed by atoms with Crippen LogP contribution in [0, 0.1) is 5.21 Å². The number of hydrogen-bond acceptors (Lipinski definition) is 5. The third-order valence-electron chi connectivity index (χ3n) is 4.97. The first-order chi connectivity index (χ1) is 14.1. The Morgan fingerprint density at radius 2 is 1.97 bits per heavy atom. The average Bonchev–Trinajstić information content (AvgIpc) is 3.57. The molecule has 0 spiro atoms. The fourth-order valence-corrected chi connectivity index (χ4v) is 4.40. The van der Waals surface area contributed by atoms with E-state index in [2.05, 4.69) is 5.32 Å². The minimum absolute atomic E-state index is 0.0668. The Morgan fingerprint density at radius 3 is 2.62 bits per heavy atom. The molecular weight excluding hydrogens is 390 g/mol. The number of nitrogens with zero attached hydrogens (tertiary/aromatic N) is 2. The van der Waals surface area contributed by atoms with Crippen molar-refractivity contribution in [3.05, 3.63) is 76.8 Å². The highest BCUT2D eigenvalue weighted by Gasteiger charge is 2.44. The van der Waals surface area contributed by atoms with Gasteiger partial charge in [0.25, 0.3) is 5.03 Å². The van der Waals surface area contributed by atoms with Crippen LogP contribution >= 0.6 is 11.8 Å². The van der Waals surface area contributed by atoms with Crippen LogP contribution < -0.4 is 10.0 Å². The third kappa shape index (κ3) is 3.93. The molecule has 1 atom stereocenters. The van der Waals surface area contributed by atoms with E-state index in [0.717, 1.165) is 23.1 Å². The van der Waals surface area contributed by atoms with Crippen LogP contribution in [0.2, 0.25) is 0 Å². The number of rotatable bonds is 6. The molecular formula is C21H21N3O4S. The Hall–Kier alpha value is -3.00. The van der Waals surface area contributed by atoms with E-state index in [4.69, 9.17) is 4.74 Å². The first kappa shape index (κ1) is 19.3. The van der Waals surface area contributed by atoms with Gasteiger partial charge in [0, 0.05) is 29.6 Å². The fraction of sp³-hybridized carbons (Fsp3) is 0.286. The zero-order valence-corrected chi connectivity index (χ0v) is 16.7. The molecule has 1 N–H and O–H groups in total. The van der Waals surface area contributed by atoms with Crippen molar-refractivity contribution in [1.29, 1.82) is 0 Å². The second-order valence-corrected chi connectivity index (χ2v) is 7.90. The summed E-state index contributed by atoms with van der Waals surface area (Å²) >= 11 is 1.30. The molecule has 1 saturated carbocycles. The number of ether oxygens (including phenoxy) is 1. The summed E-state index contributed by atoms with van der Waals surface area (Å²) in [6.07, 6.45) is 3.20. The van der Waals surface area contributed by atoms with Gasteiger partial charge in [0.15, 0.2) is 6.20 Å². The number of methoxy groups -OCH3 is 1. The van der Waals surface area contributed by atoms with Gasteiger partial charge in [-0.1, -0.05) is 30.3 Å². The van der Waals surface area contributed by atoms with Crippen molar-refractivity contribution < 1.29 is 19.1 Å². The molecule has 2 aromatic rings. The standard InChI is InChI=1S/C21H21N3O4S/c1-28-20(25)18-16(13-29-17-9-5-6-12-23(17)27)24(15-10-11-15)21(26)22-19(18)14-7-3-2-4-8-14/h2-9,12,15,19H,10-11,13H2,1H3,(H,22,26). The van der Waals surface area contributed by atoms with Gasteiger partial charge in [-0.2, -0.15) is 4.73 Å². The lowest BCUT2D eigenvalue weighted by molar-refractivity contribution is -0.645. The SMILES string of the molecule is COC(=O)C1=C(CSc2cccc[n+]2[O-])N(C2CC2)C(=O)NC1c1ccccc1. The minimum Gasteiger partial charge on any atom is -0.618 e. The van der Waals surface area contributed by atoms with E-state index < -0.39 is 12.0 Å². The zero-order valence-electron chi connectivity index (χ0n) is 15.9. The highest BCUT2D eigenvalue weighted by molar-refractivity contribution is 7.99. The highest BCUT2D eigenvalue weighted by Crippen LogP contribution is 2.39. The first-order valence-corrected chi connectivity index (χ1v) is 10.4. The number of esters is 1. The molecule has 1 unspecified atom stereocenters. The summed E-state index contributed by atoms with van der Waals surface area (Å²) in [6, 6.07) is 13.7. The van der Waals surface area contributed by atoms with Gasteiger partial charge in [-0.15, -0.1) is 0 Å². The number of carbonyl (C=O) groups is 2. The molecule has 0 saturated heterocycles. The number of pyridine rings is 1. The molecule has 1 aromatic heterocycles. The monoisotopic (exact) mass is 411 g/mol. The van der Waals surface area contributed by atoms with Gasteiger partial charge in [-0.25, -0.2) is 9.59 Å². The van der Waals surface area contributed by atoms with Crippen molar-refractivity contribution >= 4 is 23.8 Å². The number of nitrogens with one attached hydrogen (secondary N) is 1. The number of aromatic nitrogens is 1. The van der Waals surface area contributed by atoms with Crippen LogP contribution in [-0.4, -0.2) is 35.8 Å². The van der Waals surface area contributed by atoms with Crippen LogP contribution in [0.25, 0.3) is 0 Å². The lowest BCUT2D eigenvalue weighted by atomic mass is 9.95. The summed E-state index contributed by atoms with van der Waals surface area (Å²) in [7, 11) is 1.34. The molecule has 2 heterocycles. The van der Waals surface area contributed by atoms with Gasteiger partial charge in [0.05, 0.1) is 18.7 Å². The quantitative estimate of drug-likeness (QED) is 0.342. The van der Waals surface area contributed by atoms with Crippen LogP contribution in [0.1, 0.15) is 24.4 Å². The smallest absolute Gasteiger partial charge is 0.338 e. The fourth-order valence-electron chi connectivity index (χ4n) is 3.46. The number of benzene rings is 1. The predicted octanol–water partition coefficient (Wildman–Crippen LogP) is 2.77. The molecule has 1 aliphatic heterocycles. The molecule has 150 valence electrons. The zero-order chi connectivity index (χ0) is 20.4. The summed E-state index contributed by atoms with van der Waals surface area (Å²) in [4.78, 5) is 27.4. The van der Waals surface area contributed by atoms with Crippen LogP contribution in [0.15, 0.2) is 71.0 Å². The lowest BCUT2D eigenvalue weighted by Crippen LogP contribution is -2.50.